The average Bonchev–Trinajstić information content (AvgIpc) is 3.71. The van der Waals surface area contributed by atoms with Crippen LogP contribution in [0.25, 0.3) is 0 Å². The zero-order valence-electron chi connectivity index (χ0n) is 21.4. The Bertz CT molecular complexity index is 847. The molecule has 6 rings (SSSR count). The van der Waals surface area contributed by atoms with E-state index in [4.69, 9.17) is 0 Å². The lowest BCUT2D eigenvalue weighted by Crippen LogP contribution is -2.33. The molecular weight excluding hydrogens is 452 g/mol. The Morgan fingerprint density at radius 3 is 0.972 bits per heavy atom. The van der Waals surface area contributed by atoms with Crippen LogP contribution in [0, 0.1) is 47.3 Å². The predicted octanol–water partition coefficient (Wildman–Crippen LogP) is 4.50. The van der Waals surface area contributed by atoms with Gasteiger partial charge in [-0.3, -0.25) is 29.0 Å². The standard InChI is InChI=1S/C30H40N2O4/c33-27-23-19-11-12-20(17-19)24(23)28(34)31(27)15-9-7-5-3-1-2-4-6-8-10-16-32-29(35)25-21-13-14-22(18-21)26(25)30(32)36/h11-14,19-26H,1-10,15-18H2. The first-order chi connectivity index (χ1) is 17.6. The van der Waals surface area contributed by atoms with Gasteiger partial charge in [-0.15, -0.1) is 0 Å². The van der Waals surface area contributed by atoms with E-state index >= 15 is 0 Å². The Morgan fingerprint density at radius 2 is 0.694 bits per heavy atom. The Balaban J connectivity index is 0.781. The molecule has 4 bridgehead atoms. The number of nitrogens with zero attached hydrogens (tertiary/aromatic N) is 2. The fourth-order valence-corrected chi connectivity index (χ4v) is 8.32. The average molecular weight is 493 g/mol. The highest BCUT2D eigenvalue weighted by atomic mass is 16.2. The maximum Gasteiger partial charge on any atom is 0.233 e. The van der Waals surface area contributed by atoms with Gasteiger partial charge in [-0.05, 0) is 49.4 Å². The van der Waals surface area contributed by atoms with E-state index in [1.165, 1.54) is 25.7 Å². The summed E-state index contributed by atoms with van der Waals surface area (Å²) >= 11 is 0. The van der Waals surface area contributed by atoms with Gasteiger partial charge in [0.2, 0.25) is 23.6 Å². The minimum atomic E-state index is -0.0594. The summed E-state index contributed by atoms with van der Waals surface area (Å²) in [4.78, 5) is 54.0. The Labute approximate surface area is 214 Å². The molecule has 6 heteroatoms. The van der Waals surface area contributed by atoms with Crippen molar-refractivity contribution < 1.29 is 19.2 Å². The first kappa shape index (κ1) is 24.1. The lowest BCUT2D eigenvalue weighted by molar-refractivity contribution is -0.142. The summed E-state index contributed by atoms with van der Waals surface area (Å²) in [6.07, 6.45) is 21.8. The van der Waals surface area contributed by atoms with Gasteiger partial charge >= 0.3 is 0 Å². The topological polar surface area (TPSA) is 74.8 Å². The molecule has 2 saturated heterocycles. The smallest absolute Gasteiger partial charge is 0.233 e. The number of carbonyl (C=O) groups excluding carboxylic acids is 4. The normalized spacial score (nSPS) is 37.3. The van der Waals surface area contributed by atoms with Crippen LogP contribution in [-0.4, -0.2) is 46.5 Å². The lowest BCUT2D eigenvalue weighted by atomic mass is 9.85. The molecule has 8 atom stereocenters. The van der Waals surface area contributed by atoms with Gasteiger partial charge in [-0.25, -0.2) is 0 Å². The van der Waals surface area contributed by atoms with Gasteiger partial charge in [-0.2, -0.15) is 0 Å². The number of rotatable bonds is 13. The molecule has 6 nitrogen and oxygen atoms in total. The van der Waals surface area contributed by atoms with Crippen LogP contribution >= 0.6 is 0 Å². The highest BCUT2D eigenvalue weighted by molar-refractivity contribution is 6.07. The third-order valence-corrected chi connectivity index (χ3v) is 10.1. The SMILES string of the molecule is O=C1C2C3C=CC(C3)C2C(=O)N1CCCCCCCCCCCCN1C(=O)C2C3C=CC(C3)C2C1=O. The number of carbonyl (C=O) groups is 4. The number of unbranched alkanes of at least 4 members (excludes halogenated alkanes) is 9. The van der Waals surface area contributed by atoms with Crippen molar-refractivity contribution in [3.8, 4) is 0 Å². The molecule has 0 N–H and O–H groups in total. The van der Waals surface area contributed by atoms with Crippen LogP contribution in [0.4, 0.5) is 0 Å². The zero-order chi connectivity index (χ0) is 24.8. The molecule has 0 spiro atoms. The second kappa shape index (κ2) is 9.90. The Kier molecular flexibility index (Phi) is 6.64. The maximum absolute atomic E-state index is 12.7. The number of allylic oxidation sites excluding steroid dienone is 4. The van der Waals surface area contributed by atoms with Crippen LogP contribution in [-0.2, 0) is 19.2 Å². The van der Waals surface area contributed by atoms with Gasteiger partial charge in [-0.1, -0.05) is 75.7 Å². The van der Waals surface area contributed by atoms with Crippen LogP contribution in [0.1, 0.15) is 77.0 Å². The van der Waals surface area contributed by atoms with E-state index in [0.717, 1.165) is 51.4 Å². The molecular formula is C30H40N2O4. The van der Waals surface area contributed by atoms with E-state index in [0.29, 0.717) is 36.8 Å². The number of amides is 4. The van der Waals surface area contributed by atoms with Crippen LogP contribution in [0.3, 0.4) is 0 Å². The highest BCUT2D eigenvalue weighted by Crippen LogP contribution is 2.53. The van der Waals surface area contributed by atoms with Gasteiger partial charge in [0.1, 0.15) is 0 Å². The van der Waals surface area contributed by atoms with Gasteiger partial charge in [0.15, 0.2) is 0 Å². The van der Waals surface area contributed by atoms with Gasteiger partial charge in [0.05, 0.1) is 23.7 Å². The Hall–Kier alpha value is -2.24. The molecule has 8 unspecified atom stereocenters. The third kappa shape index (κ3) is 3.99. The number of hydrogen-bond acceptors (Lipinski definition) is 4. The molecule has 4 amide bonds. The van der Waals surface area contributed by atoms with Crippen LogP contribution in [0.15, 0.2) is 24.3 Å². The van der Waals surface area contributed by atoms with E-state index in [2.05, 4.69) is 24.3 Å². The number of fused-ring (bicyclic) bond motifs is 10. The van der Waals surface area contributed by atoms with Crippen molar-refractivity contribution in [1.82, 2.24) is 9.80 Å². The second-order valence-corrected chi connectivity index (χ2v) is 12.2. The molecule has 0 aromatic heterocycles. The summed E-state index contributed by atoms with van der Waals surface area (Å²) in [5.74, 6) is 1.34. The summed E-state index contributed by atoms with van der Waals surface area (Å²) in [6.45, 7) is 1.21. The zero-order valence-corrected chi connectivity index (χ0v) is 21.4. The fourth-order valence-electron chi connectivity index (χ4n) is 8.32. The minimum absolute atomic E-state index is 0.0594. The molecule has 0 aromatic carbocycles. The first-order valence-electron chi connectivity index (χ1n) is 14.6. The predicted molar refractivity (Wildman–Crippen MR) is 135 cm³/mol. The molecule has 4 aliphatic carbocycles. The summed E-state index contributed by atoms with van der Waals surface area (Å²) in [7, 11) is 0. The number of likely N-dealkylation sites (tertiary alicyclic amines) is 2. The lowest BCUT2D eigenvalue weighted by Gasteiger charge is -2.17. The van der Waals surface area contributed by atoms with Crippen molar-refractivity contribution in [1.29, 1.82) is 0 Å². The summed E-state index contributed by atoms with van der Waals surface area (Å²) in [5, 5.41) is 0. The summed E-state index contributed by atoms with van der Waals surface area (Å²) in [6, 6.07) is 0. The summed E-state index contributed by atoms with van der Waals surface area (Å²) in [5.41, 5.74) is 0. The van der Waals surface area contributed by atoms with Crippen molar-refractivity contribution in [2.75, 3.05) is 13.1 Å². The number of imide groups is 2. The molecule has 2 saturated carbocycles. The molecule has 36 heavy (non-hydrogen) atoms. The molecule has 2 heterocycles. The van der Waals surface area contributed by atoms with Crippen molar-refractivity contribution in [3.63, 3.8) is 0 Å². The second-order valence-electron chi connectivity index (χ2n) is 12.2. The van der Waals surface area contributed by atoms with Crippen molar-refractivity contribution in [2.45, 2.75) is 77.0 Å². The maximum atomic E-state index is 12.7. The van der Waals surface area contributed by atoms with Gasteiger partial charge in [0.25, 0.3) is 0 Å². The first-order valence-corrected chi connectivity index (χ1v) is 14.6. The van der Waals surface area contributed by atoms with E-state index in [-0.39, 0.29) is 47.3 Å². The largest absolute Gasteiger partial charge is 0.282 e. The van der Waals surface area contributed by atoms with Crippen LogP contribution < -0.4 is 0 Å². The van der Waals surface area contributed by atoms with E-state index in [1.807, 2.05) is 0 Å². The highest BCUT2D eigenvalue weighted by Gasteiger charge is 2.60. The van der Waals surface area contributed by atoms with E-state index in [9.17, 15) is 19.2 Å². The quantitative estimate of drug-likeness (QED) is 0.216. The number of hydrogen-bond donors (Lipinski definition) is 0. The fraction of sp³-hybridized carbons (Fsp3) is 0.733. The molecule has 0 aromatic rings. The van der Waals surface area contributed by atoms with E-state index in [1.54, 1.807) is 9.80 Å². The van der Waals surface area contributed by atoms with Crippen molar-refractivity contribution >= 4 is 23.6 Å². The molecule has 6 aliphatic rings. The molecule has 4 fully saturated rings. The van der Waals surface area contributed by atoms with Gasteiger partial charge < -0.3 is 0 Å². The minimum Gasteiger partial charge on any atom is -0.282 e. The van der Waals surface area contributed by atoms with Crippen molar-refractivity contribution in [2.24, 2.45) is 47.3 Å². The summed E-state index contributed by atoms with van der Waals surface area (Å²) < 4.78 is 0. The molecule has 194 valence electrons. The molecule has 0 radical (unpaired) electrons. The Morgan fingerprint density at radius 1 is 0.444 bits per heavy atom. The van der Waals surface area contributed by atoms with Gasteiger partial charge in [0, 0.05) is 13.1 Å². The van der Waals surface area contributed by atoms with Crippen LogP contribution in [0.5, 0.6) is 0 Å². The molecule has 2 aliphatic heterocycles. The van der Waals surface area contributed by atoms with Crippen molar-refractivity contribution in [3.05, 3.63) is 24.3 Å². The third-order valence-electron chi connectivity index (χ3n) is 10.1. The van der Waals surface area contributed by atoms with Crippen LogP contribution in [0.2, 0.25) is 0 Å². The van der Waals surface area contributed by atoms with E-state index < -0.39 is 0 Å². The monoisotopic (exact) mass is 492 g/mol.